The molecule has 0 aliphatic rings. The molecule has 30 nitrogen and oxygen atoms in total. The quantitative estimate of drug-likeness (QED) is 0.0555. The van der Waals surface area contributed by atoms with Crippen LogP contribution in [0.25, 0.3) is 101 Å². The normalized spacial score (nSPS) is 11.8. The predicted octanol–water partition coefficient (Wildman–Crippen LogP) is 12.6. The number of anilines is 6. The molecule has 3 atom stereocenters. The number of aromatic nitrogens is 18. The third-order valence-corrected chi connectivity index (χ3v) is 16.2. The standard InChI is InChI=1S/3C24H18FN9O/c3*1-12(31-23-16(10-26)22(27)29-11-30-23)21-20(18-5-3-4-8-28-18)19(24-32-13(2)34-35-24)15-9-14(25)6-7-17(15)33-21/h3*3-9,11-12H,1-2H3,(H3,27,29,30,31)/t2*12-;/m10./s1. The van der Waals surface area contributed by atoms with Crippen molar-refractivity contribution in [3.05, 3.63) is 215 Å². The lowest BCUT2D eigenvalue weighted by atomic mass is 9.94. The van der Waals surface area contributed by atoms with E-state index in [4.69, 9.17) is 45.7 Å². The van der Waals surface area contributed by atoms with Crippen LogP contribution in [-0.4, -0.2) is 90.2 Å². The van der Waals surface area contributed by atoms with E-state index in [-0.39, 0.29) is 69.3 Å². The van der Waals surface area contributed by atoms with Gasteiger partial charge in [0, 0.05) is 51.4 Å². The van der Waals surface area contributed by atoms with Crippen molar-refractivity contribution < 1.29 is 26.7 Å². The van der Waals surface area contributed by atoms with Crippen LogP contribution in [0.4, 0.5) is 48.1 Å². The summed E-state index contributed by atoms with van der Waals surface area (Å²) in [5.74, 6) is 1.57. The molecule has 33 heteroatoms. The van der Waals surface area contributed by atoms with Crippen LogP contribution in [0.2, 0.25) is 0 Å². The van der Waals surface area contributed by atoms with Gasteiger partial charge in [-0.15, -0.1) is 0 Å². The molecule has 105 heavy (non-hydrogen) atoms. The summed E-state index contributed by atoms with van der Waals surface area (Å²) in [5.41, 5.74) is 26.1. The van der Waals surface area contributed by atoms with Crippen LogP contribution in [0.5, 0.6) is 0 Å². The number of aryl methyl sites for hydroxylation is 3. The molecule has 0 saturated carbocycles. The lowest BCUT2D eigenvalue weighted by molar-refractivity contribution is 0.426. The van der Waals surface area contributed by atoms with E-state index in [1.54, 1.807) is 75.8 Å². The summed E-state index contributed by atoms with van der Waals surface area (Å²) < 4.78 is 59.7. The van der Waals surface area contributed by atoms with Crippen LogP contribution < -0.4 is 33.2 Å². The first-order valence-electron chi connectivity index (χ1n) is 31.7. The number of nitrogens with one attached hydrogen (secondary N) is 3. The number of halogens is 3. The van der Waals surface area contributed by atoms with Crippen LogP contribution in [0.3, 0.4) is 0 Å². The average molecular weight is 1400 g/mol. The number of hydrogen-bond donors (Lipinski definition) is 6. The molecule has 15 aromatic rings. The zero-order valence-electron chi connectivity index (χ0n) is 56.1. The second-order valence-corrected chi connectivity index (χ2v) is 23.2. The largest absolute Gasteiger partial charge is 0.382 e. The van der Waals surface area contributed by atoms with E-state index in [2.05, 4.69) is 91.2 Å². The van der Waals surface area contributed by atoms with E-state index in [9.17, 15) is 29.0 Å². The first-order chi connectivity index (χ1) is 50.9. The van der Waals surface area contributed by atoms with Gasteiger partial charge in [0.05, 0.1) is 85.5 Å². The Morgan fingerprint density at radius 1 is 0.371 bits per heavy atom. The number of nitriles is 3. The van der Waals surface area contributed by atoms with Gasteiger partial charge in [0.25, 0.3) is 17.7 Å². The van der Waals surface area contributed by atoms with Crippen molar-refractivity contribution in [2.45, 2.75) is 59.7 Å². The molecule has 0 radical (unpaired) electrons. The molecule has 9 N–H and O–H groups in total. The van der Waals surface area contributed by atoms with Crippen LogP contribution in [0, 0.1) is 72.2 Å². The Hall–Kier alpha value is -14.9. The van der Waals surface area contributed by atoms with E-state index < -0.39 is 35.6 Å². The zero-order chi connectivity index (χ0) is 73.6. The fraction of sp³-hybridized carbons (Fsp3) is 0.125. The number of rotatable bonds is 15. The number of nitrogen functional groups attached to an aromatic ring is 3. The van der Waals surface area contributed by atoms with E-state index in [1.807, 2.05) is 75.4 Å². The summed E-state index contributed by atoms with van der Waals surface area (Å²) in [4.78, 5) is 65.5. The van der Waals surface area contributed by atoms with Gasteiger partial charge in [0.2, 0.25) is 0 Å². The highest BCUT2D eigenvalue weighted by molar-refractivity contribution is 6.03. The summed E-state index contributed by atoms with van der Waals surface area (Å²) in [7, 11) is 0. The number of pyridine rings is 6. The smallest absolute Gasteiger partial charge is 0.259 e. The van der Waals surface area contributed by atoms with Gasteiger partial charge in [0.15, 0.2) is 17.5 Å². The fourth-order valence-electron chi connectivity index (χ4n) is 11.6. The van der Waals surface area contributed by atoms with E-state index in [1.165, 1.54) is 55.4 Å². The Morgan fingerprint density at radius 2 is 0.657 bits per heavy atom. The van der Waals surface area contributed by atoms with E-state index >= 15 is 0 Å². The summed E-state index contributed by atoms with van der Waals surface area (Å²) in [5, 5.41) is 51.5. The van der Waals surface area contributed by atoms with Crippen molar-refractivity contribution in [1.82, 2.24) is 90.2 Å². The predicted molar refractivity (Wildman–Crippen MR) is 378 cm³/mol. The molecule has 0 saturated heterocycles. The molecule has 0 aliphatic carbocycles. The molecule has 3 aromatic carbocycles. The molecule has 0 aliphatic heterocycles. The maximum atomic E-state index is 14.4. The number of hydrogen-bond acceptors (Lipinski definition) is 30. The highest BCUT2D eigenvalue weighted by Crippen LogP contribution is 2.45. The van der Waals surface area contributed by atoms with E-state index in [0.29, 0.717) is 118 Å². The second kappa shape index (κ2) is 29.5. The first-order valence-corrected chi connectivity index (χ1v) is 31.7. The van der Waals surface area contributed by atoms with Gasteiger partial charge in [-0.25, -0.2) is 58.0 Å². The van der Waals surface area contributed by atoms with Crippen molar-refractivity contribution in [1.29, 1.82) is 15.8 Å². The van der Waals surface area contributed by atoms with Gasteiger partial charge < -0.3 is 46.7 Å². The van der Waals surface area contributed by atoms with Crippen molar-refractivity contribution in [2.24, 2.45) is 0 Å². The molecule has 12 heterocycles. The summed E-state index contributed by atoms with van der Waals surface area (Å²) in [6.45, 7) is 10.7. The minimum atomic E-state index is -0.495. The van der Waals surface area contributed by atoms with Gasteiger partial charge in [0.1, 0.15) is 106 Å². The number of benzene rings is 3. The van der Waals surface area contributed by atoms with Gasteiger partial charge in [-0.05, 0) is 133 Å². The Balaban J connectivity index is 0.000000140. The Kier molecular flexibility index (Phi) is 19.3. The highest BCUT2D eigenvalue weighted by atomic mass is 19.1. The van der Waals surface area contributed by atoms with Crippen molar-refractivity contribution >= 4 is 67.6 Å². The third kappa shape index (κ3) is 14.1. The first kappa shape index (κ1) is 68.6. The summed E-state index contributed by atoms with van der Waals surface area (Å²) in [6.07, 6.45) is 8.76. The molecule has 1 unspecified atom stereocenters. The molecule has 0 spiro atoms. The topological polar surface area (TPSA) is 457 Å². The number of fused-ring (bicyclic) bond motifs is 3. The molecule has 15 rings (SSSR count). The van der Waals surface area contributed by atoms with Gasteiger partial charge in [-0.2, -0.15) is 30.7 Å². The second-order valence-electron chi connectivity index (χ2n) is 23.2. The molecule has 0 bridgehead atoms. The monoisotopic (exact) mass is 1400 g/mol. The third-order valence-electron chi connectivity index (χ3n) is 16.2. The van der Waals surface area contributed by atoms with Crippen LogP contribution >= 0.6 is 0 Å². The Bertz CT molecular complexity index is 5360. The maximum absolute atomic E-state index is 14.4. The molecule has 12 aromatic heterocycles. The minimum Gasteiger partial charge on any atom is -0.382 e. The molecule has 0 fully saturated rings. The van der Waals surface area contributed by atoms with E-state index in [0.717, 1.165) is 0 Å². The Morgan fingerprint density at radius 3 is 0.895 bits per heavy atom. The lowest BCUT2D eigenvalue weighted by Gasteiger charge is -2.21. The molecular formula is C72H54F3N27O3. The van der Waals surface area contributed by atoms with Crippen LogP contribution in [0.15, 0.2) is 160 Å². The van der Waals surface area contributed by atoms with Crippen LogP contribution in [-0.2, 0) is 0 Å². The van der Waals surface area contributed by atoms with Gasteiger partial charge >= 0.3 is 0 Å². The van der Waals surface area contributed by atoms with Gasteiger partial charge in [-0.3, -0.25) is 15.0 Å². The Labute approximate surface area is 592 Å². The van der Waals surface area contributed by atoms with Crippen molar-refractivity contribution in [2.75, 3.05) is 33.2 Å². The number of nitrogens with zero attached hydrogens (tertiary/aromatic N) is 21. The number of nitrogens with two attached hydrogens (primary N) is 3. The SMILES string of the molecule is Cc1noc(-c2c(-c3ccccn3)c(C(C)Nc3ncnc(N)c3C#N)nc3ccc(F)cc23)n1.Cc1noc(-c2c(-c3ccccn3)c([C@@H](C)Nc3ncnc(N)c3C#N)nc3ccc(F)cc23)n1.Cc1noc(-c2c(-c3ccccn3)c([C@H](C)Nc3ncnc(N)c3C#N)nc3ccc(F)cc23)n1. The van der Waals surface area contributed by atoms with Gasteiger partial charge in [-0.1, -0.05) is 33.7 Å². The van der Waals surface area contributed by atoms with Crippen molar-refractivity contribution in [3.8, 4) is 86.3 Å². The van der Waals surface area contributed by atoms with Crippen LogP contribution in [0.1, 0.15) is 90.1 Å². The maximum Gasteiger partial charge on any atom is 0.259 e. The minimum absolute atomic E-state index is 0.0612. The zero-order valence-corrected chi connectivity index (χ0v) is 56.1. The summed E-state index contributed by atoms with van der Waals surface area (Å²) >= 11 is 0. The molecular weight excluding hydrogens is 1350 g/mol. The highest BCUT2D eigenvalue weighted by Gasteiger charge is 2.31. The molecule has 516 valence electrons. The van der Waals surface area contributed by atoms with Crippen molar-refractivity contribution in [3.63, 3.8) is 0 Å². The lowest BCUT2D eigenvalue weighted by Crippen LogP contribution is -2.14. The average Bonchev–Trinajstić information content (AvgIpc) is 1.56. The summed E-state index contributed by atoms with van der Waals surface area (Å²) in [6, 6.07) is 33.8. The molecule has 0 amide bonds. The fourth-order valence-corrected chi connectivity index (χ4v) is 11.6.